The second kappa shape index (κ2) is 7.74. The average molecular weight is 366 g/mol. The lowest BCUT2D eigenvalue weighted by Crippen LogP contribution is -2.39. The number of sulfone groups is 1. The van der Waals surface area contributed by atoms with E-state index in [1.165, 1.54) is 25.5 Å². The van der Waals surface area contributed by atoms with Crippen molar-refractivity contribution in [1.29, 1.82) is 0 Å². The Balaban J connectivity index is 1.54. The van der Waals surface area contributed by atoms with Crippen molar-refractivity contribution in [1.82, 2.24) is 5.32 Å². The maximum absolute atomic E-state index is 12.5. The Morgan fingerprint density at radius 2 is 2.12 bits per heavy atom. The van der Waals surface area contributed by atoms with Crippen molar-refractivity contribution in [3.8, 4) is 5.75 Å². The fourth-order valence-corrected chi connectivity index (χ4v) is 4.11. The average Bonchev–Trinajstić information content (AvgIpc) is 2.98. The van der Waals surface area contributed by atoms with Gasteiger partial charge in [0.25, 0.3) is 0 Å². The Bertz CT molecular complexity index is 706. The number of rotatable bonds is 6. The first-order chi connectivity index (χ1) is 11.9. The zero-order valence-corrected chi connectivity index (χ0v) is 15.3. The summed E-state index contributed by atoms with van der Waals surface area (Å²) in [4.78, 5) is 12.5. The van der Waals surface area contributed by atoms with Gasteiger partial charge >= 0.3 is 0 Å². The van der Waals surface area contributed by atoms with E-state index in [9.17, 15) is 13.2 Å². The predicted molar refractivity (Wildman–Crippen MR) is 97.6 cm³/mol. The van der Waals surface area contributed by atoms with Crippen molar-refractivity contribution >= 4 is 21.4 Å². The number of carbonyl (C=O) groups is 1. The number of hydrogen-bond acceptors (Lipinski definition) is 5. The quantitative estimate of drug-likeness (QED) is 0.804. The van der Waals surface area contributed by atoms with Crippen LogP contribution in [0.25, 0.3) is 0 Å². The number of nitrogens with one attached hydrogen (secondary N) is 2. The molecule has 6 nitrogen and oxygen atoms in total. The summed E-state index contributed by atoms with van der Waals surface area (Å²) in [5, 5.41) is 6.41. The Kier molecular flexibility index (Phi) is 5.64. The molecule has 138 valence electrons. The van der Waals surface area contributed by atoms with Gasteiger partial charge in [0.15, 0.2) is 9.84 Å². The van der Waals surface area contributed by atoms with Gasteiger partial charge in [-0.25, -0.2) is 8.42 Å². The van der Waals surface area contributed by atoms with E-state index in [0.29, 0.717) is 23.4 Å². The first-order valence-electron chi connectivity index (χ1n) is 8.88. The molecule has 25 heavy (non-hydrogen) atoms. The number of anilines is 1. The van der Waals surface area contributed by atoms with E-state index in [1.807, 2.05) is 6.07 Å². The van der Waals surface area contributed by atoms with E-state index in [0.717, 1.165) is 12.8 Å². The van der Waals surface area contributed by atoms with Crippen LogP contribution in [0.4, 0.5) is 5.69 Å². The van der Waals surface area contributed by atoms with Crippen LogP contribution >= 0.6 is 0 Å². The first kappa shape index (κ1) is 18.2. The second-order valence-corrected chi connectivity index (χ2v) is 9.36. The molecule has 1 saturated heterocycles. The predicted octanol–water partition coefficient (Wildman–Crippen LogP) is 1.97. The smallest absolute Gasteiger partial charge is 0.241 e. The Labute approximate surface area is 149 Å². The fourth-order valence-electron chi connectivity index (χ4n) is 3.73. The van der Waals surface area contributed by atoms with Crippen molar-refractivity contribution in [2.45, 2.75) is 44.2 Å². The fraction of sp³-hybridized carbons (Fsp3) is 0.611. The minimum Gasteiger partial charge on any atom is -0.492 e. The molecule has 0 aromatic heterocycles. The van der Waals surface area contributed by atoms with Crippen LogP contribution in [0.15, 0.2) is 24.3 Å². The Hall–Kier alpha value is -1.60. The molecule has 0 bridgehead atoms. The topological polar surface area (TPSA) is 84.5 Å². The molecule has 1 amide bonds. The molecule has 1 heterocycles. The molecule has 2 N–H and O–H groups in total. The highest BCUT2D eigenvalue weighted by molar-refractivity contribution is 7.90. The number of fused-ring (bicyclic) bond motifs is 1. The molecule has 2 fully saturated rings. The normalized spacial score (nSPS) is 26.0. The minimum absolute atomic E-state index is 0.0114. The summed E-state index contributed by atoms with van der Waals surface area (Å²) in [6.07, 6.45) is 6.98. The molecular weight excluding hydrogens is 340 g/mol. The SMILES string of the molecule is CS(=O)(=O)CCOc1cccc(NC(=O)C2CC3CCCCC3N2)c1. The summed E-state index contributed by atoms with van der Waals surface area (Å²) in [5.74, 6) is 1.13. The highest BCUT2D eigenvalue weighted by Gasteiger charge is 2.38. The molecule has 3 atom stereocenters. The van der Waals surface area contributed by atoms with Crippen LogP contribution in [0.1, 0.15) is 32.1 Å². The van der Waals surface area contributed by atoms with Gasteiger partial charge in [0, 0.05) is 24.1 Å². The number of benzene rings is 1. The third kappa shape index (κ3) is 5.19. The monoisotopic (exact) mass is 366 g/mol. The standard InChI is InChI=1S/C18H26N2O4S/c1-25(22,23)10-9-24-15-7-4-6-14(12-15)19-18(21)17-11-13-5-2-3-8-16(13)20-17/h4,6-7,12-13,16-17,20H,2-3,5,8-11H2,1H3,(H,19,21). The highest BCUT2D eigenvalue weighted by Crippen LogP contribution is 2.33. The number of ether oxygens (including phenoxy) is 1. The summed E-state index contributed by atoms with van der Waals surface area (Å²) in [6, 6.07) is 7.41. The van der Waals surface area contributed by atoms with E-state index >= 15 is 0 Å². The van der Waals surface area contributed by atoms with Crippen LogP contribution in [0.2, 0.25) is 0 Å². The largest absolute Gasteiger partial charge is 0.492 e. The van der Waals surface area contributed by atoms with Crippen molar-refractivity contribution in [2.75, 3.05) is 23.9 Å². The van der Waals surface area contributed by atoms with Gasteiger partial charge < -0.3 is 15.4 Å². The van der Waals surface area contributed by atoms with Crippen LogP contribution < -0.4 is 15.4 Å². The molecule has 1 aromatic rings. The van der Waals surface area contributed by atoms with Gasteiger partial charge in [-0.2, -0.15) is 0 Å². The minimum atomic E-state index is -3.05. The molecule has 1 aliphatic heterocycles. The zero-order chi connectivity index (χ0) is 17.9. The molecule has 1 aliphatic carbocycles. The summed E-state index contributed by atoms with van der Waals surface area (Å²) >= 11 is 0. The zero-order valence-electron chi connectivity index (χ0n) is 14.5. The van der Waals surface area contributed by atoms with Crippen molar-refractivity contribution < 1.29 is 17.9 Å². The van der Waals surface area contributed by atoms with Gasteiger partial charge in [-0.15, -0.1) is 0 Å². The number of hydrogen-bond donors (Lipinski definition) is 2. The van der Waals surface area contributed by atoms with Crippen LogP contribution in [0, 0.1) is 5.92 Å². The lowest BCUT2D eigenvalue weighted by Gasteiger charge is -2.24. The Morgan fingerprint density at radius 3 is 2.88 bits per heavy atom. The number of amides is 1. The van der Waals surface area contributed by atoms with E-state index in [4.69, 9.17) is 4.74 Å². The van der Waals surface area contributed by atoms with Gasteiger partial charge in [0.1, 0.15) is 12.4 Å². The summed E-state index contributed by atoms with van der Waals surface area (Å²) in [6.45, 7) is 0.101. The molecule has 2 aliphatic rings. The third-order valence-corrected chi connectivity index (χ3v) is 5.91. The van der Waals surface area contributed by atoms with E-state index in [-0.39, 0.29) is 24.3 Å². The van der Waals surface area contributed by atoms with Crippen LogP contribution in [-0.2, 0) is 14.6 Å². The molecule has 1 saturated carbocycles. The van der Waals surface area contributed by atoms with Crippen LogP contribution in [-0.4, -0.2) is 45.0 Å². The van der Waals surface area contributed by atoms with E-state index < -0.39 is 9.84 Å². The molecule has 1 aromatic carbocycles. The maximum atomic E-state index is 12.5. The number of carbonyl (C=O) groups excluding carboxylic acids is 1. The highest BCUT2D eigenvalue weighted by atomic mass is 32.2. The van der Waals surface area contributed by atoms with E-state index in [2.05, 4.69) is 10.6 Å². The van der Waals surface area contributed by atoms with Gasteiger partial charge in [0.05, 0.1) is 11.8 Å². The van der Waals surface area contributed by atoms with Crippen molar-refractivity contribution in [3.63, 3.8) is 0 Å². The summed E-state index contributed by atoms with van der Waals surface area (Å²) in [7, 11) is -3.05. The molecule has 7 heteroatoms. The lowest BCUT2D eigenvalue weighted by atomic mass is 9.85. The van der Waals surface area contributed by atoms with Gasteiger partial charge in [0.2, 0.25) is 5.91 Å². The summed E-state index contributed by atoms with van der Waals surface area (Å²) in [5.41, 5.74) is 0.665. The lowest BCUT2D eigenvalue weighted by molar-refractivity contribution is -0.117. The summed E-state index contributed by atoms with van der Waals surface area (Å²) < 4.78 is 27.7. The van der Waals surface area contributed by atoms with Crippen LogP contribution in [0.5, 0.6) is 5.75 Å². The second-order valence-electron chi connectivity index (χ2n) is 7.10. The first-order valence-corrected chi connectivity index (χ1v) is 10.9. The van der Waals surface area contributed by atoms with Gasteiger partial charge in [-0.3, -0.25) is 4.79 Å². The van der Waals surface area contributed by atoms with Crippen LogP contribution in [0.3, 0.4) is 0 Å². The maximum Gasteiger partial charge on any atom is 0.241 e. The van der Waals surface area contributed by atoms with Gasteiger partial charge in [-0.05, 0) is 37.3 Å². The molecular formula is C18H26N2O4S. The van der Waals surface area contributed by atoms with Gasteiger partial charge in [-0.1, -0.05) is 18.9 Å². The third-order valence-electron chi connectivity index (χ3n) is 5.00. The van der Waals surface area contributed by atoms with E-state index in [1.54, 1.807) is 18.2 Å². The Morgan fingerprint density at radius 1 is 1.32 bits per heavy atom. The molecule has 3 rings (SSSR count). The van der Waals surface area contributed by atoms with Crippen molar-refractivity contribution in [2.24, 2.45) is 5.92 Å². The molecule has 3 unspecified atom stereocenters. The molecule has 0 spiro atoms. The van der Waals surface area contributed by atoms with Crippen molar-refractivity contribution in [3.05, 3.63) is 24.3 Å². The molecule has 0 radical (unpaired) electrons.